The quantitative estimate of drug-likeness (QED) is 0.463. The first kappa shape index (κ1) is 21.6. The van der Waals surface area contributed by atoms with Crippen LogP contribution in [0, 0.1) is 0 Å². The molecule has 2 aromatic carbocycles. The summed E-state index contributed by atoms with van der Waals surface area (Å²) in [5.74, 6) is 0.495. The Morgan fingerprint density at radius 2 is 1.77 bits per heavy atom. The number of halogens is 1. The average molecular weight is 472 g/mol. The summed E-state index contributed by atoms with van der Waals surface area (Å²) >= 11 is 3.43. The molecular weight excluding hydrogens is 450 g/mol. The third-order valence-electron chi connectivity index (χ3n) is 4.89. The van der Waals surface area contributed by atoms with E-state index in [9.17, 15) is 9.59 Å². The van der Waals surface area contributed by atoms with Crippen LogP contribution in [0.3, 0.4) is 0 Å². The summed E-state index contributed by atoms with van der Waals surface area (Å²) in [4.78, 5) is 27.4. The van der Waals surface area contributed by atoms with Gasteiger partial charge in [-0.3, -0.25) is 4.79 Å². The Morgan fingerprint density at radius 1 is 1.07 bits per heavy atom. The highest BCUT2D eigenvalue weighted by Gasteiger charge is 2.37. The Balaban J connectivity index is 2.04. The number of rotatable bonds is 6. The maximum Gasteiger partial charge on any atom is 0.340 e. The standard InChI is InChI=1S/C23H22BrNO5/c1-14-21(23(27)30-4)19(12-16-11-17(24)7-10-20(16)29-3)22(26)25(14)13-15-5-8-18(28-2)9-6-15/h5-12H,13H2,1-4H3/b19-12-. The van der Waals surface area contributed by atoms with E-state index in [1.54, 1.807) is 38.2 Å². The van der Waals surface area contributed by atoms with Gasteiger partial charge in [0.05, 0.1) is 39.0 Å². The number of allylic oxidation sites excluding steroid dienone is 1. The van der Waals surface area contributed by atoms with Gasteiger partial charge in [-0.1, -0.05) is 28.1 Å². The second kappa shape index (κ2) is 9.17. The van der Waals surface area contributed by atoms with Gasteiger partial charge in [-0.05, 0) is 48.9 Å². The first-order valence-electron chi connectivity index (χ1n) is 9.19. The van der Waals surface area contributed by atoms with Gasteiger partial charge >= 0.3 is 5.97 Å². The Bertz CT molecular complexity index is 1040. The van der Waals surface area contributed by atoms with Crippen molar-refractivity contribution in [1.82, 2.24) is 4.90 Å². The molecule has 156 valence electrons. The van der Waals surface area contributed by atoms with E-state index in [1.165, 1.54) is 7.11 Å². The predicted molar refractivity (Wildman–Crippen MR) is 117 cm³/mol. The third kappa shape index (κ3) is 4.26. The lowest BCUT2D eigenvalue weighted by molar-refractivity contribution is -0.136. The Kier molecular flexibility index (Phi) is 6.62. The van der Waals surface area contributed by atoms with Gasteiger partial charge in [-0.15, -0.1) is 0 Å². The first-order valence-corrected chi connectivity index (χ1v) is 9.98. The molecule has 6 nitrogen and oxygen atoms in total. The minimum atomic E-state index is -0.557. The fourth-order valence-corrected chi connectivity index (χ4v) is 3.68. The smallest absolute Gasteiger partial charge is 0.340 e. The zero-order valence-electron chi connectivity index (χ0n) is 17.2. The maximum absolute atomic E-state index is 13.3. The van der Waals surface area contributed by atoms with Crippen LogP contribution in [0.1, 0.15) is 18.1 Å². The molecule has 0 aromatic heterocycles. The second-order valence-electron chi connectivity index (χ2n) is 6.64. The normalized spacial score (nSPS) is 15.0. The van der Waals surface area contributed by atoms with Crippen molar-refractivity contribution in [3.05, 3.63) is 74.9 Å². The van der Waals surface area contributed by atoms with Crippen molar-refractivity contribution in [2.75, 3.05) is 21.3 Å². The van der Waals surface area contributed by atoms with Crippen LogP contribution in [0.5, 0.6) is 11.5 Å². The molecule has 1 amide bonds. The molecule has 0 saturated heterocycles. The van der Waals surface area contributed by atoms with Gasteiger partial charge in [0.25, 0.3) is 5.91 Å². The Hall–Kier alpha value is -3.06. The molecule has 2 aromatic rings. The van der Waals surface area contributed by atoms with Gasteiger partial charge in [-0.2, -0.15) is 0 Å². The number of benzene rings is 2. The molecular formula is C23H22BrNO5. The van der Waals surface area contributed by atoms with Crippen LogP contribution in [0.2, 0.25) is 0 Å². The van der Waals surface area contributed by atoms with Crippen molar-refractivity contribution in [2.45, 2.75) is 13.5 Å². The van der Waals surface area contributed by atoms with Crippen LogP contribution in [0.15, 0.2) is 63.8 Å². The molecule has 0 unspecified atom stereocenters. The van der Waals surface area contributed by atoms with E-state index < -0.39 is 5.97 Å². The molecule has 0 aliphatic carbocycles. The average Bonchev–Trinajstić information content (AvgIpc) is 2.98. The van der Waals surface area contributed by atoms with Gasteiger partial charge in [0.1, 0.15) is 11.5 Å². The van der Waals surface area contributed by atoms with Gasteiger partial charge in [0.2, 0.25) is 0 Å². The summed E-state index contributed by atoms with van der Waals surface area (Å²) in [5, 5.41) is 0. The molecule has 1 aliphatic heterocycles. The molecule has 0 saturated carbocycles. The Morgan fingerprint density at radius 3 is 2.37 bits per heavy atom. The topological polar surface area (TPSA) is 65.1 Å². The minimum Gasteiger partial charge on any atom is -0.497 e. The number of hydrogen-bond donors (Lipinski definition) is 0. The number of hydrogen-bond acceptors (Lipinski definition) is 5. The fraction of sp³-hybridized carbons (Fsp3) is 0.217. The molecule has 0 atom stereocenters. The lowest BCUT2D eigenvalue weighted by atomic mass is 10.0. The van der Waals surface area contributed by atoms with Crippen LogP contribution < -0.4 is 9.47 Å². The van der Waals surface area contributed by atoms with Crippen molar-refractivity contribution < 1.29 is 23.8 Å². The number of carbonyl (C=O) groups excluding carboxylic acids is 2. The number of ether oxygens (including phenoxy) is 3. The summed E-state index contributed by atoms with van der Waals surface area (Å²) < 4.78 is 16.4. The van der Waals surface area contributed by atoms with Crippen molar-refractivity contribution in [1.29, 1.82) is 0 Å². The first-order chi connectivity index (χ1) is 14.4. The number of amides is 1. The van der Waals surface area contributed by atoms with E-state index in [4.69, 9.17) is 14.2 Å². The molecule has 0 N–H and O–H groups in total. The van der Waals surface area contributed by atoms with Crippen LogP contribution in [0.4, 0.5) is 0 Å². The molecule has 0 bridgehead atoms. The molecule has 0 fully saturated rings. The van der Waals surface area contributed by atoms with E-state index in [0.717, 1.165) is 15.8 Å². The molecule has 3 rings (SSSR count). The minimum absolute atomic E-state index is 0.248. The Labute approximate surface area is 183 Å². The van der Waals surface area contributed by atoms with Crippen molar-refractivity contribution in [3.63, 3.8) is 0 Å². The van der Waals surface area contributed by atoms with E-state index in [2.05, 4.69) is 15.9 Å². The highest BCUT2D eigenvalue weighted by Crippen LogP contribution is 2.35. The largest absolute Gasteiger partial charge is 0.497 e. The van der Waals surface area contributed by atoms with E-state index in [0.29, 0.717) is 23.6 Å². The highest BCUT2D eigenvalue weighted by atomic mass is 79.9. The van der Waals surface area contributed by atoms with Crippen LogP contribution >= 0.6 is 15.9 Å². The lowest BCUT2D eigenvalue weighted by Crippen LogP contribution is -2.24. The number of methoxy groups -OCH3 is 3. The molecule has 0 radical (unpaired) electrons. The van der Waals surface area contributed by atoms with Crippen LogP contribution in [-0.4, -0.2) is 38.1 Å². The summed E-state index contributed by atoms with van der Waals surface area (Å²) in [6.07, 6.45) is 1.66. The summed E-state index contributed by atoms with van der Waals surface area (Å²) in [6, 6.07) is 12.9. The molecule has 1 aliphatic rings. The SMILES string of the molecule is COC(=O)C1=C(C)N(Cc2ccc(OC)cc2)C(=O)/C1=C\c1cc(Br)ccc1OC. The summed E-state index contributed by atoms with van der Waals surface area (Å²) in [5.41, 5.74) is 2.65. The summed E-state index contributed by atoms with van der Waals surface area (Å²) in [6.45, 7) is 2.06. The van der Waals surface area contributed by atoms with Gasteiger partial charge in [0.15, 0.2) is 0 Å². The molecule has 0 spiro atoms. The monoisotopic (exact) mass is 471 g/mol. The number of carbonyl (C=O) groups is 2. The zero-order chi connectivity index (χ0) is 21.8. The molecule has 1 heterocycles. The summed E-state index contributed by atoms with van der Waals surface area (Å²) in [7, 11) is 4.46. The lowest BCUT2D eigenvalue weighted by Gasteiger charge is -2.18. The predicted octanol–water partition coefficient (Wildman–Crippen LogP) is 4.34. The van der Waals surface area contributed by atoms with E-state index in [1.807, 2.05) is 36.4 Å². The molecule has 30 heavy (non-hydrogen) atoms. The van der Waals surface area contributed by atoms with Gasteiger partial charge in [0, 0.05) is 15.7 Å². The zero-order valence-corrected chi connectivity index (χ0v) is 18.8. The van der Waals surface area contributed by atoms with E-state index >= 15 is 0 Å². The van der Waals surface area contributed by atoms with Crippen molar-refractivity contribution in [2.24, 2.45) is 0 Å². The molecule has 7 heteroatoms. The van der Waals surface area contributed by atoms with Gasteiger partial charge < -0.3 is 19.1 Å². The fourth-order valence-electron chi connectivity index (χ4n) is 3.31. The second-order valence-corrected chi connectivity index (χ2v) is 7.55. The number of esters is 1. The third-order valence-corrected chi connectivity index (χ3v) is 5.39. The van der Waals surface area contributed by atoms with Crippen molar-refractivity contribution in [3.8, 4) is 11.5 Å². The van der Waals surface area contributed by atoms with Crippen LogP contribution in [0.25, 0.3) is 6.08 Å². The van der Waals surface area contributed by atoms with E-state index in [-0.39, 0.29) is 17.1 Å². The van der Waals surface area contributed by atoms with Crippen LogP contribution in [-0.2, 0) is 20.9 Å². The van der Waals surface area contributed by atoms with Gasteiger partial charge in [-0.25, -0.2) is 4.79 Å². The number of nitrogens with zero attached hydrogens (tertiary/aromatic N) is 1. The maximum atomic E-state index is 13.3. The highest BCUT2D eigenvalue weighted by molar-refractivity contribution is 9.10. The van der Waals surface area contributed by atoms with Crippen molar-refractivity contribution >= 4 is 33.9 Å².